The highest BCUT2D eigenvalue weighted by molar-refractivity contribution is 5.76. The van der Waals surface area contributed by atoms with Crippen LogP contribution >= 0.6 is 0 Å². The third-order valence-corrected chi connectivity index (χ3v) is 5.73. The molecule has 4 fully saturated rings. The van der Waals surface area contributed by atoms with Crippen LogP contribution in [0.5, 0.6) is 0 Å². The average molecular weight is 365 g/mol. The monoisotopic (exact) mass is 365 g/mol. The minimum Gasteiger partial charge on any atom is -0.396 e. The van der Waals surface area contributed by atoms with Crippen LogP contribution in [0.3, 0.4) is 0 Å². The lowest BCUT2D eigenvalue weighted by molar-refractivity contribution is -0.186. The van der Waals surface area contributed by atoms with Gasteiger partial charge >= 0.3 is 6.18 Å². The molecule has 4 aliphatic rings. The van der Waals surface area contributed by atoms with Gasteiger partial charge in [-0.2, -0.15) is 13.2 Å². The number of hydrogen-bond donors (Lipinski definition) is 1. The Morgan fingerprint density at radius 3 is 2.16 bits per heavy atom. The molecular formula is C18H30F3NO3. The number of aliphatic hydroxyl groups is 1. The third kappa shape index (κ3) is 5.58. The molecule has 4 nitrogen and oxygen atoms in total. The van der Waals surface area contributed by atoms with Crippen LogP contribution in [0.1, 0.15) is 58.3 Å². The summed E-state index contributed by atoms with van der Waals surface area (Å²) in [6.45, 7) is 3.51. The van der Waals surface area contributed by atoms with Crippen LogP contribution in [-0.2, 0) is 9.53 Å². The van der Waals surface area contributed by atoms with E-state index >= 15 is 0 Å². The summed E-state index contributed by atoms with van der Waals surface area (Å²) in [5, 5.41) is 9.09. The second-order valence-electron chi connectivity index (χ2n) is 7.62. The van der Waals surface area contributed by atoms with E-state index in [1.807, 2.05) is 6.92 Å². The van der Waals surface area contributed by atoms with Gasteiger partial charge in [0.25, 0.3) is 0 Å². The van der Waals surface area contributed by atoms with Gasteiger partial charge in [-0.3, -0.25) is 4.79 Å². The van der Waals surface area contributed by atoms with E-state index in [0.29, 0.717) is 19.1 Å². The highest BCUT2D eigenvalue weighted by Gasteiger charge is 2.42. The molecule has 1 amide bonds. The van der Waals surface area contributed by atoms with Gasteiger partial charge in [0.2, 0.25) is 5.91 Å². The summed E-state index contributed by atoms with van der Waals surface area (Å²) in [6.07, 6.45) is 2.41. The van der Waals surface area contributed by atoms with Crippen molar-refractivity contribution in [3.63, 3.8) is 0 Å². The lowest BCUT2D eigenvalue weighted by atomic mass is 9.72. The topological polar surface area (TPSA) is 49.8 Å². The highest BCUT2D eigenvalue weighted by atomic mass is 19.4. The number of aliphatic hydroxyl groups excluding tert-OH is 1. The lowest BCUT2D eigenvalue weighted by Crippen LogP contribution is -2.44. The largest absolute Gasteiger partial charge is 0.396 e. The molecule has 3 saturated heterocycles. The molecular weight excluding hydrogens is 335 g/mol. The van der Waals surface area contributed by atoms with Crippen LogP contribution in [0.2, 0.25) is 0 Å². The minimum absolute atomic E-state index is 0.0156. The van der Waals surface area contributed by atoms with Gasteiger partial charge in [0.15, 0.2) is 0 Å². The molecule has 7 heteroatoms. The number of piperidine rings is 1. The van der Waals surface area contributed by atoms with Crippen LogP contribution < -0.4 is 0 Å². The van der Waals surface area contributed by atoms with Crippen molar-refractivity contribution in [2.45, 2.75) is 70.6 Å². The number of nitrogens with zero attached hydrogens (tertiary/aromatic N) is 1. The highest BCUT2D eigenvalue weighted by Crippen LogP contribution is 2.42. The Hall–Kier alpha value is -0.820. The zero-order valence-corrected chi connectivity index (χ0v) is 15.0. The summed E-state index contributed by atoms with van der Waals surface area (Å²) in [7, 11) is 0. The fraction of sp³-hybridized carbons (Fsp3) is 0.944. The molecule has 0 radical (unpaired) electrons. The first-order valence-corrected chi connectivity index (χ1v) is 9.36. The molecule has 3 aliphatic heterocycles. The van der Waals surface area contributed by atoms with Crippen LogP contribution in [0, 0.1) is 11.3 Å². The predicted octanol–water partition coefficient (Wildman–Crippen LogP) is 3.53. The number of carbonyl (C=O) groups excluding carboxylic acids is 1. The van der Waals surface area contributed by atoms with Crippen LogP contribution in [0.25, 0.3) is 0 Å². The Morgan fingerprint density at radius 1 is 1.20 bits per heavy atom. The molecule has 0 unspecified atom stereocenters. The van der Waals surface area contributed by atoms with E-state index in [-0.39, 0.29) is 37.3 Å². The molecule has 0 atom stereocenters. The fourth-order valence-corrected chi connectivity index (χ4v) is 3.84. The molecule has 146 valence electrons. The van der Waals surface area contributed by atoms with Crippen molar-refractivity contribution >= 4 is 5.91 Å². The Morgan fingerprint density at radius 2 is 1.80 bits per heavy atom. The molecule has 0 aromatic rings. The van der Waals surface area contributed by atoms with Gasteiger partial charge in [0.05, 0.1) is 25.2 Å². The lowest BCUT2D eigenvalue weighted by Gasteiger charge is -2.45. The quantitative estimate of drug-likeness (QED) is 0.832. The van der Waals surface area contributed by atoms with E-state index in [0.717, 1.165) is 13.0 Å². The minimum atomic E-state index is -4.10. The number of fused-ring (bicyclic) bond motifs is 3. The molecule has 1 saturated carbocycles. The molecule has 0 spiro atoms. The first-order valence-electron chi connectivity index (χ1n) is 9.36. The van der Waals surface area contributed by atoms with Crippen molar-refractivity contribution < 1.29 is 27.8 Å². The van der Waals surface area contributed by atoms with Crippen molar-refractivity contribution in [1.29, 1.82) is 0 Å². The van der Waals surface area contributed by atoms with Gasteiger partial charge in [0.1, 0.15) is 0 Å². The number of carbonyl (C=O) groups is 1. The van der Waals surface area contributed by atoms with E-state index in [4.69, 9.17) is 9.84 Å². The second-order valence-corrected chi connectivity index (χ2v) is 7.62. The molecule has 1 N–H and O–H groups in total. The smallest absolute Gasteiger partial charge is 0.391 e. The first-order chi connectivity index (χ1) is 11.8. The number of ether oxygens (including phenoxy) is 1. The zero-order valence-electron chi connectivity index (χ0n) is 15.0. The number of halogens is 3. The Balaban J connectivity index is 0.000000194. The van der Waals surface area contributed by atoms with Crippen molar-refractivity contribution in [2.24, 2.45) is 11.3 Å². The summed E-state index contributed by atoms with van der Waals surface area (Å²) in [4.78, 5) is 12.9. The molecule has 0 aromatic heterocycles. The predicted molar refractivity (Wildman–Crippen MR) is 88.0 cm³/mol. The Bertz CT molecular complexity index is 412. The van der Waals surface area contributed by atoms with Crippen LogP contribution in [0.15, 0.2) is 0 Å². The van der Waals surface area contributed by atoms with E-state index < -0.39 is 12.1 Å². The fourth-order valence-electron chi connectivity index (χ4n) is 3.84. The van der Waals surface area contributed by atoms with Crippen molar-refractivity contribution in [1.82, 2.24) is 4.90 Å². The van der Waals surface area contributed by atoms with E-state index in [2.05, 4.69) is 0 Å². The normalized spacial score (nSPS) is 30.0. The van der Waals surface area contributed by atoms with Crippen molar-refractivity contribution in [3.05, 3.63) is 0 Å². The van der Waals surface area contributed by atoms with Crippen molar-refractivity contribution in [2.75, 3.05) is 26.3 Å². The number of alkyl halides is 3. The van der Waals surface area contributed by atoms with Gasteiger partial charge in [0, 0.05) is 24.9 Å². The Kier molecular flexibility index (Phi) is 7.14. The average Bonchev–Trinajstić information content (AvgIpc) is 2.63. The summed E-state index contributed by atoms with van der Waals surface area (Å²) in [5.41, 5.74) is 0.161. The number of rotatable bonds is 3. The SMILES string of the molecule is CCCC(=O)N1CCC(C(F)(F)F)CC1.OCC12CCC(CC1)OC2. The van der Waals surface area contributed by atoms with Gasteiger partial charge in [-0.25, -0.2) is 0 Å². The maximum Gasteiger partial charge on any atom is 0.391 e. The molecule has 1 aliphatic carbocycles. The van der Waals surface area contributed by atoms with E-state index in [9.17, 15) is 18.0 Å². The van der Waals surface area contributed by atoms with Crippen LogP contribution in [-0.4, -0.2) is 54.5 Å². The standard InChI is InChI=1S/C10H16F3NO.C8H14O2/c1-2-3-9(15)14-6-4-8(5-7-14)10(11,12)13;9-5-8-3-1-7(2-4-8)10-6-8/h8H,2-7H2,1H3;7,9H,1-6H2. The van der Waals surface area contributed by atoms with Gasteiger partial charge in [-0.05, 0) is 44.9 Å². The summed E-state index contributed by atoms with van der Waals surface area (Å²) >= 11 is 0. The van der Waals surface area contributed by atoms with Gasteiger partial charge in [-0.1, -0.05) is 6.92 Å². The summed E-state index contributed by atoms with van der Waals surface area (Å²) in [5.74, 6) is -1.23. The molecule has 2 bridgehead atoms. The first kappa shape index (κ1) is 20.5. The van der Waals surface area contributed by atoms with Crippen LogP contribution in [0.4, 0.5) is 13.2 Å². The zero-order chi connectivity index (χ0) is 18.5. The van der Waals surface area contributed by atoms with Gasteiger partial charge in [-0.15, -0.1) is 0 Å². The molecule has 3 heterocycles. The second kappa shape index (κ2) is 8.71. The van der Waals surface area contributed by atoms with E-state index in [1.165, 1.54) is 25.7 Å². The number of hydrogen-bond acceptors (Lipinski definition) is 3. The maximum absolute atomic E-state index is 12.3. The van der Waals surface area contributed by atoms with E-state index in [1.54, 1.807) is 4.90 Å². The molecule has 4 rings (SSSR count). The van der Waals surface area contributed by atoms with Crippen molar-refractivity contribution in [3.8, 4) is 0 Å². The molecule has 0 aromatic carbocycles. The summed E-state index contributed by atoms with van der Waals surface area (Å²) in [6, 6.07) is 0. The number of likely N-dealkylation sites (tertiary alicyclic amines) is 1. The summed E-state index contributed by atoms with van der Waals surface area (Å²) < 4.78 is 42.5. The molecule has 25 heavy (non-hydrogen) atoms. The number of amides is 1. The van der Waals surface area contributed by atoms with Gasteiger partial charge < -0.3 is 14.7 Å². The third-order valence-electron chi connectivity index (χ3n) is 5.73. The maximum atomic E-state index is 12.3. The Labute approximate surface area is 147 Å².